The van der Waals surface area contributed by atoms with Crippen LogP contribution in [0.15, 0.2) is 91.0 Å². The summed E-state index contributed by atoms with van der Waals surface area (Å²) in [5, 5.41) is 14.2. The third-order valence-corrected chi connectivity index (χ3v) is 9.43. The van der Waals surface area contributed by atoms with Crippen LogP contribution in [0.1, 0.15) is 77.0 Å². The maximum atomic E-state index is 12.9. The Bertz CT molecular complexity index is 2100. The molecule has 7 rings (SSSR count). The van der Waals surface area contributed by atoms with E-state index in [-0.39, 0.29) is 29.8 Å². The molecule has 272 valence electrons. The number of anilines is 2. The molecule has 2 amide bonds. The number of phenols is 1. The van der Waals surface area contributed by atoms with Gasteiger partial charge in [-0.05, 0) is 69.0 Å². The molecular formula is C43H47ClN2O6. The van der Waals surface area contributed by atoms with Gasteiger partial charge < -0.3 is 19.3 Å². The molecule has 0 aliphatic carbocycles. The van der Waals surface area contributed by atoms with Crippen molar-refractivity contribution in [1.29, 1.82) is 0 Å². The molecule has 1 N–H and O–H groups in total. The van der Waals surface area contributed by atoms with Gasteiger partial charge >= 0.3 is 12.2 Å². The zero-order chi connectivity index (χ0) is 37.4. The van der Waals surface area contributed by atoms with E-state index >= 15 is 0 Å². The van der Waals surface area contributed by atoms with Crippen molar-refractivity contribution in [2.24, 2.45) is 0 Å². The van der Waals surface area contributed by atoms with Gasteiger partial charge in [-0.1, -0.05) is 85.8 Å². The molecule has 0 saturated heterocycles. The first-order valence-corrected chi connectivity index (χ1v) is 18.2. The SMILES string of the molecule is CC(C)(C)OC(=O)N1C[C@@H](CCl)c2c1cc(OCc1ccccc1)c1ccccc21.C[C@@H]1CN(C(=O)OC(C)(C)C)c2cc(O)c3ccccc3c21. The number of hydrogen-bond donors (Lipinski definition) is 1. The fourth-order valence-corrected chi connectivity index (χ4v) is 7.19. The van der Waals surface area contributed by atoms with E-state index in [2.05, 4.69) is 19.1 Å². The predicted molar refractivity (Wildman–Crippen MR) is 209 cm³/mol. The van der Waals surface area contributed by atoms with Crippen molar-refractivity contribution in [3.05, 3.63) is 108 Å². The molecule has 0 bridgehead atoms. The summed E-state index contributed by atoms with van der Waals surface area (Å²) >= 11 is 6.31. The summed E-state index contributed by atoms with van der Waals surface area (Å²) in [6.45, 7) is 14.8. The summed E-state index contributed by atoms with van der Waals surface area (Å²) in [5.74, 6) is 1.62. The summed E-state index contributed by atoms with van der Waals surface area (Å²) in [7, 11) is 0. The first-order chi connectivity index (χ1) is 24.6. The van der Waals surface area contributed by atoms with Gasteiger partial charge in [0.15, 0.2) is 0 Å². The monoisotopic (exact) mass is 722 g/mol. The van der Waals surface area contributed by atoms with Gasteiger partial charge in [-0.2, -0.15) is 0 Å². The van der Waals surface area contributed by atoms with E-state index in [1.165, 1.54) is 0 Å². The molecule has 0 spiro atoms. The van der Waals surface area contributed by atoms with Crippen LogP contribution in [0.25, 0.3) is 21.5 Å². The topological polar surface area (TPSA) is 88.5 Å². The minimum atomic E-state index is -0.570. The Hall–Kier alpha value is -4.95. The first kappa shape index (κ1) is 36.8. The van der Waals surface area contributed by atoms with E-state index in [4.69, 9.17) is 25.8 Å². The van der Waals surface area contributed by atoms with Crippen molar-refractivity contribution >= 4 is 56.7 Å². The highest BCUT2D eigenvalue weighted by Gasteiger charge is 2.37. The lowest BCUT2D eigenvalue weighted by molar-refractivity contribution is 0.0571. The van der Waals surface area contributed by atoms with Crippen molar-refractivity contribution in [2.45, 2.75) is 78.1 Å². The highest BCUT2D eigenvalue weighted by Crippen LogP contribution is 2.47. The highest BCUT2D eigenvalue weighted by molar-refractivity contribution is 6.19. The zero-order valence-electron chi connectivity index (χ0n) is 30.9. The average molecular weight is 723 g/mol. The Morgan fingerprint density at radius 2 is 1.21 bits per heavy atom. The standard InChI is InChI=1S/C25H26ClNO3.C18H21NO3/c1-25(2,3)30-24(28)27-15-18(14-26)23-20-12-8-7-11-19(20)22(13-21(23)27)29-16-17-9-5-4-6-10-17;1-11-10-19(17(21)22-18(2,3)4)14-9-15(20)12-7-5-6-8-13(12)16(11)14/h4-13,18H,14-16H2,1-3H3;5-9,11,20H,10H2,1-4H3/t18-;11-/m11/s1. The Labute approximate surface area is 310 Å². The Morgan fingerprint density at radius 1 is 0.712 bits per heavy atom. The number of fused-ring (bicyclic) bond motifs is 6. The van der Waals surface area contributed by atoms with Crippen LogP contribution in [-0.4, -0.2) is 47.5 Å². The van der Waals surface area contributed by atoms with E-state index < -0.39 is 11.2 Å². The molecule has 2 aliphatic heterocycles. The molecule has 5 aromatic carbocycles. The molecule has 9 heteroatoms. The fourth-order valence-electron chi connectivity index (χ4n) is 6.94. The first-order valence-electron chi connectivity index (χ1n) is 17.7. The van der Waals surface area contributed by atoms with Gasteiger partial charge in [0.05, 0.1) is 11.4 Å². The molecule has 0 saturated carbocycles. The zero-order valence-corrected chi connectivity index (χ0v) is 31.7. The van der Waals surface area contributed by atoms with Gasteiger partial charge in [0, 0.05) is 53.7 Å². The number of halogens is 1. The second-order valence-corrected chi connectivity index (χ2v) is 15.7. The molecule has 2 atom stereocenters. The molecule has 8 nitrogen and oxygen atoms in total. The van der Waals surface area contributed by atoms with Crippen LogP contribution < -0.4 is 14.5 Å². The molecular weight excluding hydrogens is 676 g/mol. The van der Waals surface area contributed by atoms with Gasteiger partial charge in [0.2, 0.25) is 0 Å². The number of ether oxygens (including phenoxy) is 3. The summed E-state index contributed by atoms with van der Waals surface area (Å²) < 4.78 is 17.4. The second-order valence-electron chi connectivity index (χ2n) is 15.4. The lowest BCUT2D eigenvalue weighted by atomic mass is 9.95. The van der Waals surface area contributed by atoms with Gasteiger partial charge in [-0.3, -0.25) is 9.80 Å². The largest absolute Gasteiger partial charge is 0.507 e. The number of aromatic hydroxyl groups is 1. The summed E-state index contributed by atoms with van der Waals surface area (Å²) in [6.07, 6.45) is -0.728. The predicted octanol–water partition coefficient (Wildman–Crippen LogP) is 10.9. The minimum absolute atomic E-state index is 0.0438. The summed E-state index contributed by atoms with van der Waals surface area (Å²) in [6, 6.07) is 29.5. The Morgan fingerprint density at radius 3 is 1.79 bits per heavy atom. The van der Waals surface area contributed by atoms with Crippen molar-refractivity contribution in [1.82, 2.24) is 0 Å². The number of phenolic OH excluding ortho intramolecular Hbond substituents is 1. The molecule has 2 aliphatic rings. The number of rotatable bonds is 4. The van der Waals surface area contributed by atoms with Crippen LogP contribution in [0.3, 0.4) is 0 Å². The van der Waals surface area contributed by atoms with Gasteiger partial charge in [-0.15, -0.1) is 11.6 Å². The van der Waals surface area contributed by atoms with Crippen LogP contribution in [0.4, 0.5) is 21.0 Å². The average Bonchev–Trinajstić information content (AvgIpc) is 3.64. The number of hydrogen-bond acceptors (Lipinski definition) is 6. The molecule has 0 radical (unpaired) electrons. The second kappa shape index (κ2) is 14.6. The highest BCUT2D eigenvalue weighted by atomic mass is 35.5. The van der Waals surface area contributed by atoms with Crippen molar-refractivity contribution < 1.29 is 28.9 Å². The number of carbonyl (C=O) groups is 2. The number of alkyl halides is 1. The molecule has 0 fully saturated rings. The normalized spacial score (nSPS) is 16.6. The van der Waals surface area contributed by atoms with Crippen molar-refractivity contribution in [3.8, 4) is 11.5 Å². The van der Waals surface area contributed by atoms with E-state index in [0.717, 1.165) is 55.4 Å². The number of amides is 2. The maximum Gasteiger partial charge on any atom is 0.414 e. The van der Waals surface area contributed by atoms with Gasteiger partial charge in [-0.25, -0.2) is 9.59 Å². The van der Waals surface area contributed by atoms with Crippen LogP contribution in [0.2, 0.25) is 0 Å². The Balaban J connectivity index is 0.000000187. The third kappa shape index (κ3) is 7.77. The minimum Gasteiger partial charge on any atom is -0.507 e. The molecule has 0 aromatic heterocycles. The smallest absolute Gasteiger partial charge is 0.414 e. The molecule has 0 unspecified atom stereocenters. The summed E-state index contributed by atoms with van der Waals surface area (Å²) in [4.78, 5) is 28.7. The van der Waals surface area contributed by atoms with E-state index in [0.29, 0.717) is 25.6 Å². The molecule has 52 heavy (non-hydrogen) atoms. The van der Waals surface area contributed by atoms with E-state index in [9.17, 15) is 14.7 Å². The Kier molecular flexibility index (Phi) is 10.3. The summed E-state index contributed by atoms with van der Waals surface area (Å²) in [5.41, 5.74) is 3.72. The maximum absolute atomic E-state index is 12.9. The van der Waals surface area contributed by atoms with Crippen LogP contribution in [0, 0.1) is 0 Å². The van der Waals surface area contributed by atoms with E-state index in [1.54, 1.807) is 15.9 Å². The lowest BCUT2D eigenvalue weighted by Gasteiger charge is -2.25. The quantitative estimate of drug-likeness (QED) is 0.186. The van der Waals surface area contributed by atoms with Crippen molar-refractivity contribution in [2.75, 3.05) is 28.8 Å². The lowest BCUT2D eigenvalue weighted by Crippen LogP contribution is -2.36. The van der Waals surface area contributed by atoms with Crippen molar-refractivity contribution in [3.63, 3.8) is 0 Å². The van der Waals surface area contributed by atoms with Crippen LogP contribution >= 0.6 is 11.6 Å². The number of nitrogens with zero attached hydrogens (tertiary/aromatic N) is 2. The van der Waals surface area contributed by atoms with Gasteiger partial charge in [0.1, 0.15) is 29.3 Å². The number of carbonyl (C=O) groups excluding carboxylic acids is 2. The van der Waals surface area contributed by atoms with Crippen LogP contribution in [0.5, 0.6) is 11.5 Å². The fraction of sp³-hybridized carbons (Fsp3) is 0.349. The van der Waals surface area contributed by atoms with Gasteiger partial charge in [0.25, 0.3) is 0 Å². The van der Waals surface area contributed by atoms with Crippen LogP contribution in [-0.2, 0) is 16.1 Å². The molecule has 5 aromatic rings. The number of benzene rings is 5. The van der Waals surface area contributed by atoms with E-state index in [1.807, 2.05) is 114 Å². The molecule has 2 heterocycles. The third-order valence-electron chi connectivity index (χ3n) is 9.06.